The summed E-state index contributed by atoms with van der Waals surface area (Å²) in [5, 5.41) is 3.22. The molecule has 1 amide bonds. The van der Waals surface area contributed by atoms with E-state index in [1.54, 1.807) is 11.0 Å². The van der Waals surface area contributed by atoms with Gasteiger partial charge in [-0.1, -0.05) is 0 Å². The predicted octanol–water partition coefficient (Wildman–Crippen LogP) is 0.509. The van der Waals surface area contributed by atoms with E-state index < -0.39 is 10.0 Å². The SMILES string of the molecule is COc1cc(C(=O)N2CCNC[C@@H]2C)cc(NS(C)(=O)=O)c1OC. The van der Waals surface area contributed by atoms with Crippen molar-refractivity contribution in [3.05, 3.63) is 17.7 Å². The van der Waals surface area contributed by atoms with Gasteiger partial charge in [0.2, 0.25) is 10.0 Å². The van der Waals surface area contributed by atoms with Crippen molar-refractivity contribution in [1.29, 1.82) is 0 Å². The number of methoxy groups -OCH3 is 2. The van der Waals surface area contributed by atoms with Gasteiger partial charge in [-0.25, -0.2) is 8.42 Å². The van der Waals surface area contributed by atoms with Crippen LogP contribution >= 0.6 is 0 Å². The molecule has 1 fully saturated rings. The van der Waals surface area contributed by atoms with E-state index in [2.05, 4.69) is 10.0 Å². The fourth-order valence-corrected chi connectivity index (χ4v) is 3.22. The average molecular weight is 357 g/mol. The van der Waals surface area contributed by atoms with Gasteiger partial charge in [-0.05, 0) is 19.1 Å². The standard InChI is InChI=1S/C15H23N3O5S/c1-10-9-16-5-6-18(10)15(19)11-7-12(17-24(4,20)21)14(23-3)13(8-11)22-2/h7-8,10,16-17H,5-6,9H2,1-4H3/t10-/m0/s1. The summed E-state index contributed by atoms with van der Waals surface area (Å²) in [7, 11) is -0.691. The molecule has 8 nitrogen and oxygen atoms in total. The number of rotatable bonds is 5. The van der Waals surface area contributed by atoms with Gasteiger partial charge >= 0.3 is 0 Å². The van der Waals surface area contributed by atoms with Crippen LogP contribution in [0.2, 0.25) is 0 Å². The summed E-state index contributed by atoms with van der Waals surface area (Å²) < 4.78 is 36.0. The summed E-state index contributed by atoms with van der Waals surface area (Å²) in [6, 6.07) is 3.08. The third-order valence-corrected chi connectivity index (χ3v) is 4.37. The van der Waals surface area contributed by atoms with Gasteiger partial charge in [0.15, 0.2) is 11.5 Å². The quantitative estimate of drug-likeness (QED) is 0.797. The number of nitrogens with zero attached hydrogens (tertiary/aromatic N) is 1. The zero-order valence-corrected chi connectivity index (χ0v) is 15.1. The van der Waals surface area contributed by atoms with E-state index in [1.807, 2.05) is 6.92 Å². The fourth-order valence-electron chi connectivity index (χ4n) is 2.67. The Kier molecular flexibility index (Phi) is 5.55. The number of carbonyl (C=O) groups is 1. The number of ether oxygens (including phenoxy) is 2. The molecule has 0 aliphatic carbocycles. The van der Waals surface area contributed by atoms with Crippen LogP contribution in [0.1, 0.15) is 17.3 Å². The van der Waals surface area contributed by atoms with E-state index in [1.165, 1.54) is 20.3 Å². The second-order valence-corrected chi connectivity index (χ2v) is 7.43. The van der Waals surface area contributed by atoms with Crippen molar-refractivity contribution in [3.8, 4) is 11.5 Å². The lowest BCUT2D eigenvalue weighted by molar-refractivity contribution is 0.0655. The third kappa shape index (κ3) is 4.09. The number of carbonyl (C=O) groups excluding carboxylic acids is 1. The number of sulfonamides is 1. The molecule has 0 spiro atoms. The van der Waals surface area contributed by atoms with Crippen LogP contribution in [-0.2, 0) is 10.0 Å². The van der Waals surface area contributed by atoms with Gasteiger partial charge in [-0.2, -0.15) is 0 Å². The molecular formula is C15H23N3O5S. The fraction of sp³-hybridized carbons (Fsp3) is 0.533. The van der Waals surface area contributed by atoms with E-state index in [-0.39, 0.29) is 29.1 Å². The van der Waals surface area contributed by atoms with E-state index in [9.17, 15) is 13.2 Å². The number of amides is 1. The Balaban J connectivity index is 2.46. The number of benzene rings is 1. The summed E-state index contributed by atoms with van der Waals surface area (Å²) in [6.07, 6.45) is 1.03. The molecule has 1 aromatic rings. The van der Waals surface area contributed by atoms with Crippen LogP contribution < -0.4 is 19.5 Å². The van der Waals surface area contributed by atoms with Gasteiger partial charge in [-0.15, -0.1) is 0 Å². The lowest BCUT2D eigenvalue weighted by Crippen LogP contribution is -2.52. The molecule has 0 saturated carbocycles. The van der Waals surface area contributed by atoms with Crippen LogP contribution in [0.4, 0.5) is 5.69 Å². The molecule has 24 heavy (non-hydrogen) atoms. The molecule has 1 saturated heterocycles. The molecule has 9 heteroatoms. The highest BCUT2D eigenvalue weighted by atomic mass is 32.2. The Morgan fingerprint density at radius 2 is 2.04 bits per heavy atom. The van der Waals surface area contributed by atoms with E-state index in [4.69, 9.17) is 9.47 Å². The number of hydrogen-bond acceptors (Lipinski definition) is 6. The van der Waals surface area contributed by atoms with Crippen LogP contribution in [0.15, 0.2) is 12.1 Å². The molecule has 0 bridgehead atoms. The molecule has 1 aliphatic rings. The number of hydrogen-bond donors (Lipinski definition) is 2. The van der Waals surface area contributed by atoms with E-state index >= 15 is 0 Å². The average Bonchev–Trinajstić information content (AvgIpc) is 2.52. The smallest absolute Gasteiger partial charge is 0.254 e. The maximum atomic E-state index is 12.8. The van der Waals surface area contributed by atoms with Gasteiger partial charge in [0.1, 0.15) is 0 Å². The maximum absolute atomic E-state index is 12.8. The van der Waals surface area contributed by atoms with E-state index in [0.29, 0.717) is 18.7 Å². The minimum atomic E-state index is -3.53. The molecule has 1 aliphatic heterocycles. The van der Waals surface area contributed by atoms with Gasteiger partial charge in [-0.3, -0.25) is 9.52 Å². The highest BCUT2D eigenvalue weighted by Crippen LogP contribution is 2.37. The molecular weight excluding hydrogens is 334 g/mol. The van der Waals surface area contributed by atoms with E-state index in [0.717, 1.165) is 12.8 Å². The van der Waals surface area contributed by atoms with Gasteiger partial charge < -0.3 is 19.7 Å². The van der Waals surface area contributed by atoms with Crippen molar-refractivity contribution in [1.82, 2.24) is 10.2 Å². The van der Waals surface area contributed by atoms with Crippen molar-refractivity contribution < 1.29 is 22.7 Å². The van der Waals surface area contributed by atoms with Crippen LogP contribution in [0.5, 0.6) is 11.5 Å². The third-order valence-electron chi connectivity index (χ3n) is 3.78. The van der Waals surface area contributed by atoms with Crippen LogP contribution in [0.3, 0.4) is 0 Å². The van der Waals surface area contributed by atoms with Crippen molar-refractivity contribution in [2.45, 2.75) is 13.0 Å². The molecule has 0 aromatic heterocycles. The molecule has 0 unspecified atom stereocenters. The van der Waals surface area contributed by atoms with Crippen molar-refractivity contribution >= 4 is 21.6 Å². The van der Waals surface area contributed by atoms with Gasteiger partial charge in [0.05, 0.1) is 26.2 Å². The second kappa shape index (κ2) is 7.27. The number of nitrogens with one attached hydrogen (secondary N) is 2. The number of anilines is 1. The second-order valence-electron chi connectivity index (χ2n) is 5.69. The maximum Gasteiger partial charge on any atom is 0.254 e. The summed E-state index contributed by atoms with van der Waals surface area (Å²) in [5.41, 5.74) is 0.512. The minimum Gasteiger partial charge on any atom is -0.493 e. The number of piperazine rings is 1. The Hall–Kier alpha value is -2.00. The Bertz CT molecular complexity index is 720. The Labute approximate surface area is 142 Å². The molecule has 0 radical (unpaired) electrons. The van der Waals surface area contributed by atoms with Gasteiger partial charge in [0.25, 0.3) is 5.91 Å². The first-order chi connectivity index (χ1) is 11.3. The molecule has 2 N–H and O–H groups in total. The van der Waals surface area contributed by atoms with Crippen LogP contribution in [0, 0.1) is 0 Å². The molecule has 1 atom stereocenters. The largest absolute Gasteiger partial charge is 0.493 e. The first-order valence-corrected chi connectivity index (χ1v) is 9.41. The zero-order chi connectivity index (χ0) is 17.9. The summed E-state index contributed by atoms with van der Waals surface area (Å²) in [4.78, 5) is 14.6. The first-order valence-electron chi connectivity index (χ1n) is 7.52. The molecule has 2 rings (SSSR count). The Morgan fingerprint density at radius 1 is 1.33 bits per heavy atom. The highest BCUT2D eigenvalue weighted by molar-refractivity contribution is 7.92. The minimum absolute atomic E-state index is 0.0469. The monoisotopic (exact) mass is 357 g/mol. The lowest BCUT2D eigenvalue weighted by Gasteiger charge is -2.34. The normalized spacial score (nSPS) is 18.2. The van der Waals surface area contributed by atoms with Crippen molar-refractivity contribution in [3.63, 3.8) is 0 Å². The Morgan fingerprint density at radius 3 is 2.58 bits per heavy atom. The van der Waals surface area contributed by atoms with Crippen molar-refractivity contribution in [2.24, 2.45) is 0 Å². The first kappa shape index (κ1) is 18.3. The summed E-state index contributed by atoms with van der Waals surface area (Å²) in [5.74, 6) is 0.339. The zero-order valence-electron chi connectivity index (χ0n) is 14.3. The topological polar surface area (TPSA) is 97.0 Å². The lowest BCUT2D eigenvalue weighted by atomic mass is 10.1. The highest BCUT2D eigenvalue weighted by Gasteiger charge is 2.26. The van der Waals surface area contributed by atoms with Crippen molar-refractivity contribution in [2.75, 3.05) is 44.8 Å². The predicted molar refractivity (Wildman–Crippen MR) is 91.4 cm³/mol. The van der Waals surface area contributed by atoms with Gasteiger partial charge in [0, 0.05) is 31.2 Å². The molecule has 1 heterocycles. The molecule has 1 aromatic carbocycles. The molecule has 134 valence electrons. The van der Waals surface area contributed by atoms with Crippen LogP contribution in [0.25, 0.3) is 0 Å². The summed E-state index contributed by atoms with van der Waals surface area (Å²) in [6.45, 7) is 3.98. The summed E-state index contributed by atoms with van der Waals surface area (Å²) >= 11 is 0. The van der Waals surface area contributed by atoms with Crippen LogP contribution in [-0.4, -0.2) is 65.4 Å².